The Morgan fingerprint density at radius 3 is 1.64 bits per heavy atom. The molecule has 0 aliphatic carbocycles. The third-order valence-corrected chi connectivity index (χ3v) is 7.37. The molecule has 0 fully saturated rings. The van der Waals surface area contributed by atoms with Gasteiger partial charge < -0.3 is 19.6 Å². The minimum Gasteiger partial charge on any atom is -0.338 e. The summed E-state index contributed by atoms with van der Waals surface area (Å²) >= 11 is 0. The van der Waals surface area contributed by atoms with Gasteiger partial charge in [-0.15, -0.1) is 0 Å². The smallest absolute Gasteiger partial charge is 0.338 e. The fraction of sp³-hybridized carbons (Fsp3) is 0.963. The number of phosphoric ester groups is 1. The summed E-state index contributed by atoms with van der Waals surface area (Å²) in [5.41, 5.74) is 0. The van der Waals surface area contributed by atoms with Gasteiger partial charge in [-0.05, 0) is 6.42 Å². The van der Waals surface area contributed by atoms with Crippen molar-refractivity contribution in [3.63, 3.8) is 0 Å². The highest BCUT2D eigenvalue weighted by atomic mass is 31.2. The molecule has 1 atom stereocenters. The number of nitrogens with one attached hydrogen (secondary N) is 1. The molecule has 2 amide bonds. The number of unbranched alkanes of at least 4 members (excludes halogenated alkanes) is 15. The monoisotopic (exact) mass is 536 g/mol. The van der Waals surface area contributed by atoms with Crippen molar-refractivity contribution in [2.45, 2.75) is 110 Å². The summed E-state index contributed by atoms with van der Waals surface area (Å²) in [4.78, 5) is 23.3. The number of rotatable bonds is 25. The zero-order chi connectivity index (χ0) is 27.1. The van der Waals surface area contributed by atoms with Crippen molar-refractivity contribution in [1.82, 2.24) is 10.2 Å². The number of urea groups is 1. The topological polar surface area (TPSA) is 88.1 Å². The summed E-state index contributed by atoms with van der Waals surface area (Å²) in [6.45, 7) is 3.81. The average Bonchev–Trinajstić information content (AvgIpc) is 2.79. The summed E-state index contributed by atoms with van der Waals surface area (Å²) in [7, 11) is 3.47. The van der Waals surface area contributed by atoms with Gasteiger partial charge in [0.1, 0.15) is 13.2 Å². The SMILES string of the molecule is CCCCCCCCCCCCCCCCCCNC(=O)N(C)CCOP(=O)(O)OCC[N+](C)(C)C. The molecular weight excluding hydrogens is 477 g/mol. The molecule has 0 aromatic rings. The Hall–Kier alpha value is -0.660. The van der Waals surface area contributed by atoms with Crippen molar-refractivity contribution in [3.05, 3.63) is 0 Å². The first-order valence-corrected chi connectivity index (χ1v) is 16.0. The molecule has 0 bridgehead atoms. The van der Waals surface area contributed by atoms with E-state index in [2.05, 4.69) is 12.2 Å². The van der Waals surface area contributed by atoms with E-state index in [-0.39, 0.29) is 25.8 Å². The quantitative estimate of drug-likeness (QED) is 0.0767. The number of amides is 2. The molecule has 0 aromatic heterocycles. The van der Waals surface area contributed by atoms with Crippen LogP contribution < -0.4 is 5.32 Å². The number of likely N-dealkylation sites (N-methyl/N-ethyl adjacent to an activating group) is 2. The highest BCUT2D eigenvalue weighted by Gasteiger charge is 2.22. The van der Waals surface area contributed by atoms with Gasteiger partial charge in [-0.25, -0.2) is 9.36 Å². The van der Waals surface area contributed by atoms with E-state index >= 15 is 0 Å². The fourth-order valence-corrected chi connectivity index (χ4v) is 4.56. The highest BCUT2D eigenvalue weighted by Crippen LogP contribution is 2.42. The van der Waals surface area contributed by atoms with E-state index in [1.807, 2.05) is 21.1 Å². The Bertz CT molecular complexity index is 572. The summed E-state index contributed by atoms with van der Waals surface area (Å²) < 4.78 is 22.4. The van der Waals surface area contributed by atoms with E-state index in [0.29, 0.717) is 17.6 Å². The predicted octanol–water partition coefficient (Wildman–Crippen LogP) is 6.73. The van der Waals surface area contributed by atoms with Crippen molar-refractivity contribution in [2.75, 3.05) is 61.0 Å². The van der Waals surface area contributed by atoms with E-state index in [1.165, 1.54) is 94.8 Å². The van der Waals surface area contributed by atoms with Crippen LogP contribution in [0.4, 0.5) is 4.79 Å². The molecule has 0 saturated carbocycles. The maximum absolute atomic E-state index is 12.1. The number of hydrogen-bond donors (Lipinski definition) is 2. The van der Waals surface area contributed by atoms with Crippen molar-refractivity contribution in [1.29, 1.82) is 0 Å². The Morgan fingerprint density at radius 2 is 1.19 bits per heavy atom. The lowest BCUT2D eigenvalue weighted by molar-refractivity contribution is -0.870. The van der Waals surface area contributed by atoms with Crippen LogP contribution in [0.3, 0.4) is 0 Å². The Morgan fingerprint density at radius 1 is 0.778 bits per heavy atom. The van der Waals surface area contributed by atoms with Crippen LogP contribution in [0.2, 0.25) is 0 Å². The predicted molar refractivity (Wildman–Crippen MR) is 150 cm³/mol. The molecule has 1 unspecified atom stereocenters. The van der Waals surface area contributed by atoms with Crippen LogP contribution in [0.5, 0.6) is 0 Å². The van der Waals surface area contributed by atoms with E-state index in [0.717, 1.165) is 12.8 Å². The van der Waals surface area contributed by atoms with Crippen LogP contribution in [0.1, 0.15) is 110 Å². The van der Waals surface area contributed by atoms with Crippen LogP contribution >= 0.6 is 7.82 Å². The van der Waals surface area contributed by atoms with E-state index in [4.69, 9.17) is 9.05 Å². The molecule has 8 nitrogen and oxygen atoms in total. The van der Waals surface area contributed by atoms with Crippen LogP contribution in [0.15, 0.2) is 0 Å². The number of carbonyl (C=O) groups excluding carboxylic acids is 1. The first kappa shape index (κ1) is 35.3. The first-order chi connectivity index (χ1) is 17.1. The van der Waals surface area contributed by atoms with Crippen LogP contribution in [0.25, 0.3) is 0 Å². The molecule has 0 aliphatic rings. The fourth-order valence-electron chi connectivity index (χ4n) is 3.87. The molecule has 0 heterocycles. The van der Waals surface area contributed by atoms with Gasteiger partial charge in [0.15, 0.2) is 0 Å². The molecular formula is C27H59N3O5P+. The molecule has 0 saturated heterocycles. The molecule has 0 spiro atoms. The minimum absolute atomic E-state index is 0.0544. The van der Waals surface area contributed by atoms with E-state index in [1.54, 1.807) is 7.05 Å². The van der Waals surface area contributed by atoms with Crippen molar-refractivity contribution >= 4 is 13.9 Å². The van der Waals surface area contributed by atoms with Gasteiger partial charge in [0.2, 0.25) is 0 Å². The summed E-state index contributed by atoms with van der Waals surface area (Å²) in [5, 5.41) is 2.90. The van der Waals surface area contributed by atoms with Gasteiger partial charge in [-0.2, -0.15) is 0 Å². The lowest BCUT2D eigenvalue weighted by atomic mass is 10.0. The second kappa shape index (κ2) is 22.3. The third-order valence-electron chi connectivity index (χ3n) is 6.35. The standard InChI is InChI=1S/C27H58N3O5P/c1-6-7-8-9-10-11-12-13-14-15-16-17-18-19-20-21-22-28-27(31)29(2)23-25-34-36(32,33)35-26-24-30(3,4)5/h6-26H2,1-5H3,(H-,28,31,32,33)/p+1. The molecule has 0 rings (SSSR count). The molecule has 36 heavy (non-hydrogen) atoms. The van der Waals surface area contributed by atoms with Crippen molar-refractivity contribution in [3.8, 4) is 0 Å². The second-order valence-electron chi connectivity index (χ2n) is 11.1. The van der Waals surface area contributed by atoms with Gasteiger partial charge in [-0.1, -0.05) is 103 Å². The van der Waals surface area contributed by atoms with Gasteiger partial charge in [0.05, 0.1) is 27.7 Å². The van der Waals surface area contributed by atoms with Crippen LogP contribution in [0, 0.1) is 0 Å². The van der Waals surface area contributed by atoms with Gasteiger partial charge in [-0.3, -0.25) is 9.05 Å². The van der Waals surface area contributed by atoms with Gasteiger partial charge in [0.25, 0.3) is 0 Å². The second-order valence-corrected chi connectivity index (χ2v) is 12.6. The molecule has 2 N–H and O–H groups in total. The van der Waals surface area contributed by atoms with Crippen molar-refractivity contribution < 1.29 is 27.8 Å². The molecule has 0 radical (unpaired) electrons. The maximum atomic E-state index is 12.1. The van der Waals surface area contributed by atoms with Crippen LogP contribution in [-0.2, 0) is 13.6 Å². The number of carbonyl (C=O) groups is 1. The molecule has 0 aromatic carbocycles. The summed E-state index contributed by atoms with van der Waals surface area (Å²) in [6, 6.07) is -0.196. The number of quaternary nitrogens is 1. The summed E-state index contributed by atoms with van der Waals surface area (Å²) in [6.07, 6.45) is 21.2. The lowest BCUT2D eigenvalue weighted by Crippen LogP contribution is -2.39. The Kier molecular flexibility index (Phi) is 21.9. The zero-order valence-electron chi connectivity index (χ0n) is 24.3. The maximum Gasteiger partial charge on any atom is 0.472 e. The largest absolute Gasteiger partial charge is 0.472 e. The lowest BCUT2D eigenvalue weighted by Gasteiger charge is -2.24. The van der Waals surface area contributed by atoms with Gasteiger partial charge in [0, 0.05) is 20.1 Å². The third kappa shape index (κ3) is 25.0. The Labute approximate surface area is 222 Å². The van der Waals surface area contributed by atoms with Crippen LogP contribution in [-0.4, -0.2) is 81.3 Å². The Balaban J connectivity index is 3.51. The molecule has 0 aliphatic heterocycles. The number of phosphoric acid groups is 1. The number of nitrogens with zero attached hydrogens (tertiary/aromatic N) is 2. The zero-order valence-corrected chi connectivity index (χ0v) is 25.2. The molecule has 9 heteroatoms. The highest BCUT2D eigenvalue weighted by molar-refractivity contribution is 7.47. The average molecular weight is 537 g/mol. The van der Waals surface area contributed by atoms with Gasteiger partial charge >= 0.3 is 13.9 Å². The van der Waals surface area contributed by atoms with E-state index < -0.39 is 7.82 Å². The molecule has 216 valence electrons. The van der Waals surface area contributed by atoms with Crippen molar-refractivity contribution in [2.24, 2.45) is 0 Å². The normalized spacial score (nSPS) is 13.5. The summed E-state index contributed by atoms with van der Waals surface area (Å²) in [5.74, 6) is 0. The number of hydrogen-bond acceptors (Lipinski definition) is 4. The van der Waals surface area contributed by atoms with E-state index in [9.17, 15) is 14.3 Å². The first-order valence-electron chi connectivity index (χ1n) is 14.5. The minimum atomic E-state index is -4.09.